The van der Waals surface area contributed by atoms with Gasteiger partial charge in [0, 0.05) is 6.08 Å². The molecule has 0 aliphatic carbocycles. The first-order chi connectivity index (χ1) is 8.40. The maximum atomic E-state index is 11.2. The lowest BCUT2D eigenvalue weighted by molar-refractivity contribution is -0.137. The van der Waals surface area contributed by atoms with E-state index >= 15 is 0 Å². The lowest BCUT2D eigenvalue weighted by atomic mass is 10.1. The predicted molar refractivity (Wildman–Crippen MR) is 72.5 cm³/mol. The van der Waals surface area contributed by atoms with Crippen LogP contribution in [0.2, 0.25) is 0 Å². The minimum Gasteiger partial charge on any atom is -0.488 e. The maximum Gasteiger partial charge on any atom is 0.330 e. The Kier molecular flexibility index (Phi) is 4.95. The van der Waals surface area contributed by atoms with E-state index in [1.54, 1.807) is 13.0 Å². The number of carbonyl (C=O) groups is 1. The molecule has 0 aliphatic heterocycles. The summed E-state index contributed by atoms with van der Waals surface area (Å²) in [6.45, 7) is 8.15. The second-order valence-electron chi connectivity index (χ2n) is 4.87. The van der Waals surface area contributed by atoms with Crippen molar-refractivity contribution in [1.82, 2.24) is 0 Å². The fourth-order valence-electron chi connectivity index (χ4n) is 1.39. The van der Waals surface area contributed by atoms with Crippen LogP contribution in [0.1, 0.15) is 33.3 Å². The molecular formula is C15H20O3. The van der Waals surface area contributed by atoms with Crippen LogP contribution in [0.15, 0.2) is 30.3 Å². The van der Waals surface area contributed by atoms with Gasteiger partial charge in [0.25, 0.3) is 0 Å². The molecule has 0 N–H and O–H groups in total. The van der Waals surface area contributed by atoms with Crippen LogP contribution in [-0.2, 0) is 9.53 Å². The Labute approximate surface area is 108 Å². The molecule has 3 nitrogen and oxygen atoms in total. The second kappa shape index (κ2) is 6.24. The summed E-state index contributed by atoms with van der Waals surface area (Å²) >= 11 is 0. The fourth-order valence-corrected chi connectivity index (χ4v) is 1.39. The Bertz CT molecular complexity index is 428. The molecule has 1 aromatic carbocycles. The average Bonchev–Trinajstić information content (AvgIpc) is 2.25. The van der Waals surface area contributed by atoms with E-state index in [0.29, 0.717) is 6.61 Å². The summed E-state index contributed by atoms with van der Waals surface area (Å²) < 4.78 is 10.6. The SMILES string of the molecule is CCOC(=O)/C=C/c1cccc(OC(C)(C)C)c1. The largest absolute Gasteiger partial charge is 0.488 e. The summed E-state index contributed by atoms with van der Waals surface area (Å²) in [4.78, 5) is 11.2. The number of ether oxygens (including phenoxy) is 2. The highest BCUT2D eigenvalue weighted by Gasteiger charge is 2.11. The molecule has 0 amide bonds. The van der Waals surface area contributed by atoms with Crippen LogP contribution in [0.4, 0.5) is 0 Å². The van der Waals surface area contributed by atoms with Gasteiger partial charge in [0.2, 0.25) is 0 Å². The van der Waals surface area contributed by atoms with Gasteiger partial charge in [0.05, 0.1) is 6.61 Å². The summed E-state index contributed by atoms with van der Waals surface area (Å²) in [7, 11) is 0. The highest BCUT2D eigenvalue weighted by Crippen LogP contribution is 2.19. The van der Waals surface area contributed by atoms with E-state index in [9.17, 15) is 4.79 Å². The van der Waals surface area contributed by atoms with E-state index in [1.807, 2.05) is 45.0 Å². The first-order valence-electron chi connectivity index (χ1n) is 6.04. The van der Waals surface area contributed by atoms with Crippen LogP contribution in [0, 0.1) is 0 Å². The summed E-state index contributed by atoms with van der Waals surface area (Å²) in [5.41, 5.74) is 0.675. The summed E-state index contributed by atoms with van der Waals surface area (Å²) in [5, 5.41) is 0. The van der Waals surface area contributed by atoms with Crippen molar-refractivity contribution in [2.45, 2.75) is 33.3 Å². The zero-order valence-corrected chi connectivity index (χ0v) is 11.4. The monoisotopic (exact) mass is 248 g/mol. The van der Waals surface area contributed by atoms with Crippen molar-refractivity contribution in [3.63, 3.8) is 0 Å². The molecule has 0 unspecified atom stereocenters. The third kappa shape index (κ3) is 5.53. The quantitative estimate of drug-likeness (QED) is 0.605. The van der Waals surface area contributed by atoms with Crippen LogP contribution >= 0.6 is 0 Å². The van der Waals surface area contributed by atoms with Gasteiger partial charge in [-0.1, -0.05) is 12.1 Å². The number of hydrogen-bond acceptors (Lipinski definition) is 3. The van der Waals surface area contributed by atoms with Crippen molar-refractivity contribution >= 4 is 12.0 Å². The number of benzene rings is 1. The molecule has 0 heterocycles. The van der Waals surface area contributed by atoms with Crippen LogP contribution in [0.3, 0.4) is 0 Å². The van der Waals surface area contributed by atoms with E-state index in [-0.39, 0.29) is 11.6 Å². The highest BCUT2D eigenvalue weighted by molar-refractivity contribution is 5.87. The molecule has 1 rings (SSSR count). The molecule has 18 heavy (non-hydrogen) atoms. The molecule has 98 valence electrons. The van der Waals surface area contributed by atoms with Crippen molar-refractivity contribution in [3.8, 4) is 5.75 Å². The number of rotatable bonds is 4. The van der Waals surface area contributed by atoms with Crippen LogP contribution in [0.5, 0.6) is 5.75 Å². The lowest BCUT2D eigenvalue weighted by Gasteiger charge is -2.21. The van der Waals surface area contributed by atoms with Gasteiger partial charge in [-0.05, 0) is 51.5 Å². The highest BCUT2D eigenvalue weighted by atomic mass is 16.5. The Morgan fingerprint density at radius 2 is 2.06 bits per heavy atom. The van der Waals surface area contributed by atoms with Gasteiger partial charge in [0.15, 0.2) is 0 Å². The molecule has 0 saturated heterocycles. The van der Waals surface area contributed by atoms with Gasteiger partial charge >= 0.3 is 5.97 Å². The van der Waals surface area contributed by atoms with Crippen molar-refractivity contribution in [3.05, 3.63) is 35.9 Å². The van der Waals surface area contributed by atoms with Crippen molar-refractivity contribution in [2.24, 2.45) is 0 Å². The minimum absolute atomic E-state index is 0.233. The van der Waals surface area contributed by atoms with Gasteiger partial charge in [-0.3, -0.25) is 0 Å². The summed E-state index contributed by atoms with van der Waals surface area (Å²) in [5.74, 6) is 0.452. The molecule has 0 saturated carbocycles. The van der Waals surface area contributed by atoms with E-state index < -0.39 is 0 Å². The molecule has 0 atom stereocenters. The van der Waals surface area contributed by atoms with E-state index in [2.05, 4.69) is 0 Å². The number of carbonyl (C=O) groups excluding carboxylic acids is 1. The molecule has 3 heteroatoms. The second-order valence-corrected chi connectivity index (χ2v) is 4.87. The molecule has 0 spiro atoms. The molecule has 0 radical (unpaired) electrons. The Morgan fingerprint density at radius 1 is 1.33 bits per heavy atom. The Balaban J connectivity index is 2.73. The zero-order valence-electron chi connectivity index (χ0n) is 11.4. The Hall–Kier alpha value is -1.77. The number of esters is 1. The third-order valence-corrected chi connectivity index (χ3v) is 1.98. The first-order valence-corrected chi connectivity index (χ1v) is 6.04. The zero-order chi connectivity index (χ0) is 13.6. The molecule has 0 bridgehead atoms. The summed E-state index contributed by atoms with van der Waals surface area (Å²) in [6.07, 6.45) is 3.13. The van der Waals surface area contributed by atoms with E-state index in [4.69, 9.17) is 9.47 Å². The first kappa shape index (κ1) is 14.3. The van der Waals surface area contributed by atoms with E-state index in [0.717, 1.165) is 11.3 Å². The van der Waals surface area contributed by atoms with Crippen LogP contribution in [0.25, 0.3) is 6.08 Å². The molecule has 1 aromatic rings. The van der Waals surface area contributed by atoms with Gasteiger partial charge in [0.1, 0.15) is 11.4 Å². The standard InChI is InChI=1S/C15H20O3/c1-5-17-14(16)10-9-12-7-6-8-13(11-12)18-15(2,3)4/h6-11H,5H2,1-4H3/b10-9+. The normalized spacial score (nSPS) is 11.6. The third-order valence-electron chi connectivity index (χ3n) is 1.98. The van der Waals surface area contributed by atoms with Crippen molar-refractivity contribution < 1.29 is 14.3 Å². The molecule has 0 aliphatic rings. The Morgan fingerprint density at radius 3 is 2.67 bits per heavy atom. The van der Waals surface area contributed by atoms with Crippen molar-refractivity contribution in [1.29, 1.82) is 0 Å². The lowest BCUT2D eigenvalue weighted by Crippen LogP contribution is -2.22. The smallest absolute Gasteiger partial charge is 0.330 e. The average molecular weight is 248 g/mol. The van der Waals surface area contributed by atoms with Crippen molar-refractivity contribution in [2.75, 3.05) is 6.61 Å². The maximum absolute atomic E-state index is 11.2. The number of hydrogen-bond donors (Lipinski definition) is 0. The predicted octanol–water partition coefficient (Wildman–Crippen LogP) is 3.44. The van der Waals surface area contributed by atoms with Crippen LogP contribution in [-0.4, -0.2) is 18.2 Å². The topological polar surface area (TPSA) is 35.5 Å². The van der Waals surface area contributed by atoms with E-state index in [1.165, 1.54) is 6.08 Å². The fraction of sp³-hybridized carbons (Fsp3) is 0.400. The van der Waals surface area contributed by atoms with Gasteiger partial charge in [-0.15, -0.1) is 0 Å². The molecular weight excluding hydrogens is 228 g/mol. The molecule has 0 fully saturated rings. The minimum atomic E-state index is -0.334. The van der Waals surface area contributed by atoms with Gasteiger partial charge < -0.3 is 9.47 Å². The molecule has 0 aromatic heterocycles. The summed E-state index contributed by atoms with van der Waals surface area (Å²) in [6, 6.07) is 7.59. The van der Waals surface area contributed by atoms with Crippen LogP contribution < -0.4 is 4.74 Å². The van der Waals surface area contributed by atoms with Gasteiger partial charge in [-0.2, -0.15) is 0 Å². The van der Waals surface area contributed by atoms with Gasteiger partial charge in [-0.25, -0.2) is 4.79 Å².